The average Bonchev–Trinajstić information content (AvgIpc) is 2.67. The van der Waals surface area contributed by atoms with Crippen molar-refractivity contribution in [1.29, 1.82) is 0 Å². The molecule has 1 rings (SSSR count). The smallest absolute Gasteiger partial charge is 0.408 e. The number of nitrogens with zero attached hydrogens (tertiary/aromatic N) is 1. The lowest BCUT2D eigenvalue weighted by Crippen LogP contribution is -2.56. The third-order valence-corrected chi connectivity index (χ3v) is 5.39. The Bertz CT molecular complexity index is 866. The van der Waals surface area contributed by atoms with Gasteiger partial charge in [-0.05, 0) is 66.9 Å². The van der Waals surface area contributed by atoms with Crippen molar-refractivity contribution in [2.24, 2.45) is 5.92 Å². The molecule has 0 aromatic heterocycles. The number of aryl methyl sites for hydroxylation is 2. The molecular formula is C27H45N3O5. The van der Waals surface area contributed by atoms with E-state index in [2.05, 4.69) is 10.6 Å². The summed E-state index contributed by atoms with van der Waals surface area (Å²) in [5.74, 6) is -1.04. The fourth-order valence-corrected chi connectivity index (χ4v) is 3.85. The number of amides is 3. The second-order valence-electron chi connectivity index (χ2n) is 11.3. The van der Waals surface area contributed by atoms with E-state index in [-0.39, 0.29) is 25.0 Å². The molecule has 0 saturated heterocycles. The number of nitrogens with one attached hydrogen (secondary N) is 2. The largest absolute Gasteiger partial charge is 0.444 e. The van der Waals surface area contributed by atoms with Crippen LogP contribution in [-0.2, 0) is 14.3 Å². The molecule has 0 aliphatic rings. The van der Waals surface area contributed by atoms with Gasteiger partial charge in [-0.1, -0.05) is 49.6 Å². The van der Waals surface area contributed by atoms with Crippen molar-refractivity contribution in [1.82, 2.24) is 15.5 Å². The van der Waals surface area contributed by atoms with Gasteiger partial charge in [0.2, 0.25) is 11.8 Å². The normalized spacial score (nSPS) is 14.5. The predicted octanol–water partition coefficient (Wildman–Crippen LogP) is 4.02. The third-order valence-electron chi connectivity index (χ3n) is 5.39. The molecule has 1 aromatic rings. The summed E-state index contributed by atoms with van der Waals surface area (Å²) in [5.41, 5.74) is 1.29. The Morgan fingerprint density at radius 1 is 1.03 bits per heavy atom. The van der Waals surface area contributed by atoms with E-state index in [0.717, 1.165) is 11.1 Å². The molecule has 35 heavy (non-hydrogen) atoms. The molecule has 8 nitrogen and oxygen atoms in total. The zero-order valence-corrected chi connectivity index (χ0v) is 23.1. The minimum atomic E-state index is -0.987. The van der Waals surface area contributed by atoms with Gasteiger partial charge in [0.1, 0.15) is 17.7 Å². The molecule has 3 amide bonds. The van der Waals surface area contributed by atoms with Gasteiger partial charge >= 0.3 is 6.09 Å². The van der Waals surface area contributed by atoms with Gasteiger partial charge in [0.05, 0.1) is 6.61 Å². The number of alkyl carbamates (subject to hydrolysis) is 1. The van der Waals surface area contributed by atoms with E-state index in [1.165, 1.54) is 4.90 Å². The molecule has 198 valence electrons. The number of rotatable bonds is 9. The molecule has 0 bridgehead atoms. The molecule has 0 spiro atoms. The lowest BCUT2D eigenvalue weighted by molar-refractivity contribution is -0.144. The zero-order valence-electron chi connectivity index (χ0n) is 23.1. The van der Waals surface area contributed by atoms with Crippen LogP contribution in [0, 0.1) is 19.8 Å². The first-order valence-corrected chi connectivity index (χ1v) is 12.3. The molecule has 0 heterocycles. The summed E-state index contributed by atoms with van der Waals surface area (Å²) in [5, 5.41) is 15.6. The Kier molecular flexibility index (Phi) is 10.8. The fourth-order valence-electron chi connectivity index (χ4n) is 3.85. The molecule has 3 N–H and O–H groups in total. The second-order valence-corrected chi connectivity index (χ2v) is 11.3. The van der Waals surface area contributed by atoms with E-state index in [4.69, 9.17) is 4.74 Å². The topological polar surface area (TPSA) is 108 Å². The van der Waals surface area contributed by atoms with Gasteiger partial charge in [-0.25, -0.2) is 4.79 Å². The first-order chi connectivity index (χ1) is 16.0. The van der Waals surface area contributed by atoms with Crippen LogP contribution < -0.4 is 10.6 Å². The van der Waals surface area contributed by atoms with E-state index >= 15 is 0 Å². The molecule has 0 saturated carbocycles. The monoisotopic (exact) mass is 491 g/mol. The summed E-state index contributed by atoms with van der Waals surface area (Å²) >= 11 is 0. The van der Waals surface area contributed by atoms with Crippen LogP contribution >= 0.6 is 0 Å². The standard InChI is InChI=1S/C27H45N3O5/c1-11-19(4)21(28-25(34)35-27(8,9)10)24(33)30(12-13-31)22(23(32)29-26(5,6)7)20-15-17(2)14-18(3)16-20/h14-16,19,21-22,31H,11-13H2,1-10H3,(H,28,34)(H,29,32). The van der Waals surface area contributed by atoms with Gasteiger partial charge in [-0.2, -0.15) is 0 Å². The Hall–Kier alpha value is -2.61. The highest BCUT2D eigenvalue weighted by Gasteiger charge is 2.38. The number of hydrogen-bond acceptors (Lipinski definition) is 5. The van der Waals surface area contributed by atoms with Crippen LogP contribution in [-0.4, -0.2) is 58.2 Å². The lowest BCUT2D eigenvalue weighted by atomic mass is 9.94. The number of benzene rings is 1. The highest BCUT2D eigenvalue weighted by molar-refractivity contribution is 5.92. The van der Waals surface area contributed by atoms with Crippen LogP contribution in [0.4, 0.5) is 4.79 Å². The predicted molar refractivity (Wildman–Crippen MR) is 138 cm³/mol. The maximum absolute atomic E-state index is 14.0. The Balaban J connectivity index is 3.56. The molecule has 3 unspecified atom stereocenters. The van der Waals surface area contributed by atoms with Crippen LogP contribution in [0.15, 0.2) is 18.2 Å². The van der Waals surface area contributed by atoms with Gasteiger partial charge in [0.15, 0.2) is 0 Å². The van der Waals surface area contributed by atoms with Gasteiger partial charge in [-0.3, -0.25) is 9.59 Å². The molecule has 3 atom stereocenters. The molecule has 1 aromatic carbocycles. The van der Waals surface area contributed by atoms with Crippen molar-refractivity contribution in [3.05, 3.63) is 34.9 Å². The van der Waals surface area contributed by atoms with Gasteiger partial charge in [-0.15, -0.1) is 0 Å². The van der Waals surface area contributed by atoms with Crippen molar-refractivity contribution in [3.63, 3.8) is 0 Å². The van der Waals surface area contributed by atoms with E-state index < -0.39 is 35.2 Å². The van der Waals surface area contributed by atoms with Crippen molar-refractivity contribution in [3.8, 4) is 0 Å². The van der Waals surface area contributed by atoms with Gasteiger partial charge in [0.25, 0.3) is 0 Å². The minimum Gasteiger partial charge on any atom is -0.444 e. The molecule has 0 aliphatic heterocycles. The van der Waals surface area contributed by atoms with Crippen molar-refractivity contribution < 1.29 is 24.2 Å². The van der Waals surface area contributed by atoms with E-state index in [1.807, 2.05) is 66.7 Å². The SMILES string of the molecule is CCC(C)C(NC(=O)OC(C)(C)C)C(=O)N(CCO)C(C(=O)NC(C)(C)C)c1cc(C)cc(C)c1. The number of carbonyl (C=O) groups excluding carboxylic acids is 3. The van der Waals surface area contributed by atoms with E-state index in [1.54, 1.807) is 20.8 Å². The van der Waals surface area contributed by atoms with Crippen LogP contribution in [0.2, 0.25) is 0 Å². The first kappa shape index (κ1) is 30.4. The summed E-state index contributed by atoms with van der Waals surface area (Å²) in [4.78, 5) is 41.5. The van der Waals surface area contributed by atoms with Gasteiger partial charge in [0, 0.05) is 12.1 Å². The van der Waals surface area contributed by atoms with Gasteiger partial charge < -0.3 is 25.4 Å². The Morgan fingerprint density at radius 2 is 1.57 bits per heavy atom. The van der Waals surface area contributed by atoms with Crippen molar-refractivity contribution >= 4 is 17.9 Å². The molecule has 0 fully saturated rings. The maximum Gasteiger partial charge on any atom is 0.408 e. The molecule has 0 aliphatic carbocycles. The summed E-state index contributed by atoms with van der Waals surface area (Å²) in [6.07, 6.45) is -0.0936. The summed E-state index contributed by atoms with van der Waals surface area (Å²) in [6.45, 7) is 18.1. The third kappa shape index (κ3) is 9.88. The second kappa shape index (κ2) is 12.4. The highest BCUT2D eigenvalue weighted by atomic mass is 16.6. The van der Waals surface area contributed by atoms with Crippen LogP contribution in [0.3, 0.4) is 0 Å². The van der Waals surface area contributed by atoms with Crippen LogP contribution in [0.5, 0.6) is 0 Å². The van der Waals surface area contributed by atoms with Crippen molar-refractivity contribution in [2.45, 2.75) is 98.9 Å². The lowest BCUT2D eigenvalue weighted by Gasteiger charge is -2.37. The number of ether oxygens (including phenoxy) is 1. The summed E-state index contributed by atoms with van der Waals surface area (Å²) in [6, 6.07) is 3.82. The first-order valence-electron chi connectivity index (χ1n) is 12.3. The number of hydrogen-bond donors (Lipinski definition) is 3. The number of aliphatic hydroxyl groups is 1. The number of aliphatic hydroxyl groups excluding tert-OH is 1. The van der Waals surface area contributed by atoms with Crippen LogP contribution in [0.1, 0.15) is 84.5 Å². The Morgan fingerprint density at radius 3 is 2.00 bits per heavy atom. The average molecular weight is 492 g/mol. The molecule has 8 heteroatoms. The summed E-state index contributed by atoms with van der Waals surface area (Å²) in [7, 11) is 0. The Labute approximate surface area is 210 Å². The minimum absolute atomic E-state index is 0.0724. The quantitative estimate of drug-likeness (QED) is 0.484. The van der Waals surface area contributed by atoms with E-state index in [9.17, 15) is 19.5 Å². The van der Waals surface area contributed by atoms with Crippen LogP contribution in [0.25, 0.3) is 0 Å². The highest BCUT2D eigenvalue weighted by Crippen LogP contribution is 2.27. The maximum atomic E-state index is 14.0. The van der Waals surface area contributed by atoms with Crippen molar-refractivity contribution in [2.75, 3.05) is 13.2 Å². The molecule has 0 radical (unpaired) electrons. The summed E-state index contributed by atoms with van der Waals surface area (Å²) < 4.78 is 5.39. The zero-order chi connectivity index (χ0) is 27.1. The fraction of sp³-hybridized carbons (Fsp3) is 0.667. The number of carbonyl (C=O) groups is 3. The molecular weight excluding hydrogens is 446 g/mol. The van der Waals surface area contributed by atoms with E-state index in [0.29, 0.717) is 12.0 Å².